The number of hydrogen-bond donors (Lipinski definition) is 0. The summed E-state index contributed by atoms with van der Waals surface area (Å²) in [5, 5.41) is 8.23. The fourth-order valence-corrected chi connectivity index (χ4v) is 4.46. The molecule has 0 unspecified atom stereocenters. The lowest BCUT2D eigenvalue weighted by molar-refractivity contribution is 0.303. The Hall–Kier alpha value is -1.74. The van der Waals surface area contributed by atoms with E-state index in [2.05, 4.69) is 15.2 Å². The molecule has 9 heteroatoms. The molecule has 0 saturated carbocycles. The zero-order chi connectivity index (χ0) is 17.3. The zero-order valence-electron chi connectivity index (χ0n) is 14.3. The van der Waals surface area contributed by atoms with Crippen molar-refractivity contribution in [1.82, 2.24) is 28.6 Å². The summed E-state index contributed by atoms with van der Waals surface area (Å²) in [7, 11) is -1.28. The molecule has 132 valence electrons. The second-order valence-electron chi connectivity index (χ2n) is 6.56. The van der Waals surface area contributed by atoms with Crippen molar-refractivity contribution >= 4 is 10.0 Å². The SMILES string of the molecule is CC(C)S(=O)(=O)N1CCC[C@H](c2nnc(Cn3ccnc3)n2C)C1. The van der Waals surface area contributed by atoms with Gasteiger partial charge in [0.15, 0.2) is 5.82 Å². The van der Waals surface area contributed by atoms with Gasteiger partial charge in [0, 0.05) is 38.4 Å². The predicted octanol–water partition coefficient (Wildman–Crippen LogP) is 0.977. The molecule has 1 fully saturated rings. The van der Waals surface area contributed by atoms with E-state index in [1.54, 1.807) is 30.7 Å². The van der Waals surface area contributed by atoms with Crippen LogP contribution >= 0.6 is 0 Å². The van der Waals surface area contributed by atoms with E-state index in [1.807, 2.05) is 22.4 Å². The first-order chi connectivity index (χ1) is 11.4. The first-order valence-electron chi connectivity index (χ1n) is 8.22. The lowest BCUT2D eigenvalue weighted by Crippen LogP contribution is -2.42. The second-order valence-corrected chi connectivity index (χ2v) is 9.05. The van der Waals surface area contributed by atoms with Crippen LogP contribution in [0.1, 0.15) is 44.3 Å². The van der Waals surface area contributed by atoms with E-state index in [0.29, 0.717) is 19.6 Å². The van der Waals surface area contributed by atoms with E-state index in [1.165, 1.54) is 0 Å². The lowest BCUT2D eigenvalue weighted by Gasteiger charge is -2.32. The number of aromatic nitrogens is 5. The largest absolute Gasteiger partial charge is 0.330 e. The molecular weight excluding hydrogens is 328 g/mol. The third-order valence-electron chi connectivity index (χ3n) is 4.59. The summed E-state index contributed by atoms with van der Waals surface area (Å²) in [6.45, 7) is 5.13. The molecular formula is C15H24N6O2S. The minimum absolute atomic E-state index is 0.0845. The van der Waals surface area contributed by atoms with Crippen LogP contribution in [-0.2, 0) is 23.6 Å². The van der Waals surface area contributed by atoms with Gasteiger partial charge in [0.05, 0.1) is 18.1 Å². The second kappa shape index (κ2) is 6.64. The van der Waals surface area contributed by atoms with Crippen LogP contribution < -0.4 is 0 Å². The fourth-order valence-electron chi connectivity index (χ4n) is 3.09. The average Bonchev–Trinajstić information content (AvgIpc) is 3.19. The Morgan fingerprint density at radius 2 is 2.12 bits per heavy atom. The van der Waals surface area contributed by atoms with E-state index in [4.69, 9.17) is 0 Å². The summed E-state index contributed by atoms with van der Waals surface area (Å²) >= 11 is 0. The van der Waals surface area contributed by atoms with Crippen molar-refractivity contribution in [2.75, 3.05) is 13.1 Å². The van der Waals surface area contributed by atoms with Crippen molar-refractivity contribution < 1.29 is 8.42 Å². The van der Waals surface area contributed by atoms with Crippen LogP contribution in [0.3, 0.4) is 0 Å². The van der Waals surface area contributed by atoms with Crippen molar-refractivity contribution in [3.8, 4) is 0 Å². The number of rotatable bonds is 5. The fraction of sp³-hybridized carbons (Fsp3) is 0.667. The van der Waals surface area contributed by atoms with Crippen molar-refractivity contribution in [3.63, 3.8) is 0 Å². The summed E-state index contributed by atoms with van der Waals surface area (Å²) in [6, 6.07) is 0. The maximum atomic E-state index is 12.4. The molecule has 3 heterocycles. The van der Waals surface area contributed by atoms with Gasteiger partial charge in [-0.15, -0.1) is 10.2 Å². The van der Waals surface area contributed by atoms with Gasteiger partial charge in [-0.05, 0) is 26.7 Å². The molecule has 3 rings (SSSR count). The Bertz CT molecular complexity index is 781. The topological polar surface area (TPSA) is 85.9 Å². The molecule has 0 radical (unpaired) electrons. The Kier molecular flexibility index (Phi) is 4.73. The highest BCUT2D eigenvalue weighted by Gasteiger charge is 2.33. The van der Waals surface area contributed by atoms with Crippen LogP contribution in [0.4, 0.5) is 0 Å². The first kappa shape index (κ1) is 17.1. The molecule has 1 aliphatic heterocycles. The van der Waals surface area contributed by atoms with Crippen LogP contribution in [0.25, 0.3) is 0 Å². The van der Waals surface area contributed by atoms with E-state index in [9.17, 15) is 8.42 Å². The third-order valence-corrected chi connectivity index (χ3v) is 6.83. The maximum absolute atomic E-state index is 12.4. The molecule has 0 bridgehead atoms. The smallest absolute Gasteiger partial charge is 0.216 e. The van der Waals surface area contributed by atoms with Gasteiger partial charge < -0.3 is 9.13 Å². The standard InChI is InChI=1S/C15H24N6O2S/c1-12(2)24(22,23)21-7-4-5-13(9-21)15-18-17-14(19(15)3)10-20-8-6-16-11-20/h6,8,11-13H,4-5,7,9-10H2,1-3H3/t13-/m0/s1. The highest BCUT2D eigenvalue weighted by atomic mass is 32.2. The number of sulfonamides is 1. The van der Waals surface area contributed by atoms with Gasteiger partial charge in [-0.1, -0.05) is 0 Å². The Labute approximate surface area is 142 Å². The highest BCUT2D eigenvalue weighted by molar-refractivity contribution is 7.89. The minimum atomic E-state index is -3.22. The molecule has 0 amide bonds. The van der Waals surface area contributed by atoms with E-state index < -0.39 is 15.3 Å². The molecule has 24 heavy (non-hydrogen) atoms. The normalized spacial score (nSPS) is 19.9. The maximum Gasteiger partial charge on any atom is 0.216 e. The molecule has 0 aromatic carbocycles. The molecule has 0 aliphatic carbocycles. The van der Waals surface area contributed by atoms with Crippen molar-refractivity contribution in [2.24, 2.45) is 7.05 Å². The van der Waals surface area contributed by atoms with Gasteiger partial charge in [-0.3, -0.25) is 0 Å². The molecule has 0 N–H and O–H groups in total. The molecule has 2 aromatic heterocycles. The molecule has 1 atom stereocenters. The van der Waals surface area contributed by atoms with Crippen LogP contribution in [0.15, 0.2) is 18.7 Å². The summed E-state index contributed by atoms with van der Waals surface area (Å²) in [6.07, 6.45) is 7.13. The van der Waals surface area contributed by atoms with Gasteiger partial charge in [0.1, 0.15) is 5.82 Å². The predicted molar refractivity (Wildman–Crippen MR) is 89.9 cm³/mol. The molecule has 8 nitrogen and oxygen atoms in total. The summed E-state index contributed by atoms with van der Waals surface area (Å²) in [5.41, 5.74) is 0. The zero-order valence-corrected chi connectivity index (χ0v) is 15.1. The molecule has 1 saturated heterocycles. The van der Waals surface area contributed by atoms with Crippen LogP contribution in [0, 0.1) is 0 Å². The molecule has 0 spiro atoms. The van der Waals surface area contributed by atoms with Crippen LogP contribution in [0.2, 0.25) is 0 Å². The number of piperidine rings is 1. The molecule has 2 aromatic rings. The van der Waals surface area contributed by atoms with Gasteiger partial charge in [0.2, 0.25) is 10.0 Å². The molecule has 1 aliphatic rings. The summed E-state index contributed by atoms with van der Waals surface area (Å²) < 4.78 is 30.4. The lowest BCUT2D eigenvalue weighted by atomic mass is 9.99. The van der Waals surface area contributed by atoms with Gasteiger partial charge in [-0.2, -0.15) is 0 Å². The quantitative estimate of drug-likeness (QED) is 0.800. The highest BCUT2D eigenvalue weighted by Crippen LogP contribution is 2.28. The first-order valence-corrected chi connectivity index (χ1v) is 9.72. The van der Waals surface area contributed by atoms with Crippen molar-refractivity contribution in [2.45, 2.75) is 44.4 Å². The monoisotopic (exact) mass is 352 g/mol. The number of nitrogens with zero attached hydrogens (tertiary/aromatic N) is 6. The van der Waals surface area contributed by atoms with Gasteiger partial charge >= 0.3 is 0 Å². The Morgan fingerprint density at radius 1 is 1.33 bits per heavy atom. The van der Waals surface area contributed by atoms with E-state index in [0.717, 1.165) is 24.5 Å². The Balaban J connectivity index is 1.78. The number of imidazole rings is 1. The Morgan fingerprint density at radius 3 is 2.79 bits per heavy atom. The van der Waals surface area contributed by atoms with Crippen LogP contribution in [-0.4, -0.2) is 55.4 Å². The van der Waals surface area contributed by atoms with Gasteiger partial charge in [0.25, 0.3) is 0 Å². The number of hydrogen-bond acceptors (Lipinski definition) is 5. The third kappa shape index (κ3) is 3.23. The van der Waals surface area contributed by atoms with Gasteiger partial charge in [-0.25, -0.2) is 17.7 Å². The average molecular weight is 352 g/mol. The van der Waals surface area contributed by atoms with E-state index in [-0.39, 0.29) is 5.92 Å². The summed E-state index contributed by atoms with van der Waals surface area (Å²) in [5.74, 6) is 1.78. The summed E-state index contributed by atoms with van der Waals surface area (Å²) in [4.78, 5) is 4.03. The van der Waals surface area contributed by atoms with Crippen LogP contribution in [0.5, 0.6) is 0 Å². The minimum Gasteiger partial charge on any atom is -0.330 e. The van der Waals surface area contributed by atoms with Crippen molar-refractivity contribution in [3.05, 3.63) is 30.4 Å². The van der Waals surface area contributed by atoms with Crippen molar-refractivity contribution in [1.29, 1.82) is 0 Å². The van der Waals surface area contributed by atoms with E-state index >= 15 is 0 Å².